The van der Waals surface area contributed by atoms with Crippen molar-refractivity contribution in [2.75, 3.05) is 7.11 Å². The number of nitrogens with zero attached hydrogens (tertiary/aromatic N) is 1. The van der Waals surface area contributed by atoms with Gasteiger partial charge in [0.15, 0.2) is 0 Å². The molecule has 0 amide bonds. The van der Waals surface area contributed by atoms with Crippen molar-refractivity contribution in [2.45, 2.75) is 33.3 Å². The van der Waals surface area contributed by atoms with E-state index in [1.54, 1.807) is 14.0 Å². The predicted molar refractivity (Wildman–Crippen MR) is 73.2 cm³/mol. The van der Waals surface area contributed by atoms with Crippen molar-refractivity contribution in [2.24, 2.45) is 0 Å². The second-order valence-electron chi connectivity index (χ2n) is 4.84. The summed E-state index contributed by atoms with van der Waals surface area (Å²) in [5.41, 5.74) is 3.49. The van der Waals surface area contributed by atoms with Gasteiger partial charge in [-0.1, -0.05) is 19.0 Å². The lowest BCUT2D eigenvalue weighted by atomic mass is 9.97. The van der Waals surface area contributed by atoms with E-state index in [1.165, 1.54) is 0 Å². The normalized spacial score (nSPS) is 11.1. The largest absolute Gasteiger partial charge is 0.496 e. The van der Waals surface area contributed by atoms with E-state index >= 15 is 0 Å². The molecule has 0 fully saturated rings. The first-order chi connectivity index (χ1) is 9.08. The van der Waals surface area contributed by atoms with Gasteiger partial charge in [-0.05, 0) is 36.6 Å². The molecule has 102 valence electrons. The third kappa shape index (κ3) is 2.49. The van der Waals surface area contributed by atoms with Crippen LogP contribution >= 0.6 is 0 Å². The highest BCUT2D eigenvalue weighted by Crippen LogP contribution is 2.33. The third-order valence-corrected chi connectivity index (χ3v) is 3.27. The lowest BCUT2D eigenvalue weighted by Crippen LogP contribution is -1.96. The molecule has 19 heavy (non-hydrogen) atoms. The van der Waals surface area contributed by atoms with Crippen molar-refractivity contribution in [3.63, 3.8) is 0 Å². The second-order valence-corrected chi connectivity index (χ2v) is 4.84. The molecule has 0 unspecified atom stereocenters. The number of rotatable bonds is 4. The second kappa shape index (κ2) is 5.45. The molecule has 0 saturated heterocycles. The van der Waals surface area contributed by atoms with Crippen LogP contribution in [0.1, 0.15) is 36.7 Å². The summed E-state index contributed by atoms with van der Waals surface area (Å²) in [6.07, 6.45) is 0. The third-order valence-electron chi connectivity index (χ3n) is 3.27. The Morgan fingerprint density at radius 2 is 2.11 bits per heavy atom. The monoisotopic (exact) mass is 261 g/mol. The molecule has 0 radical (unpaired) electrons. The van der Waals surface area contributed by atoms with Gasteiger partial charge in [-0.25, -0.2) is 0 Å². The van der Waals surface area contributed by atoms with E-state index in [4.69, 9.17) is 9.26 Å². The van der Waals surface area contributed by atoms with Crippen LogP contribution in [0, 0.1) is 6.92 Å². The maximum atomic E-state index is 9.40. The van der Waals surface area contributed by atoms with Crippen molar-refractivity contribution >= 4 is 0 Å². The van der Waals surface area contributed by atoms with Gasteiger partial charge in [-0.15, -0.1) is 0 Å². The fraction of sp³-hybridized carbons (Fsp3) is 0.400. The minimum atomic E-state index is -0.0757. The molecule has 1 heterocycles. The fourth-order valence-electron chi connectivity index (χ4n) is 2.14. The van der Waals surface area contributed by atoms with Crippen LogP contribution in [0.4, 0.5) is 0 Å². The number of aryl methyl sites for hydroxylation is 1. The van der Waals surface area contributed by atoms with E-state index in [0.717, 1.165) is 22.4 Å². The molecule has 4 nitrogen and oxygen atoms in total. The molecule has 4 heteroatoms. The Hall–Kier alpha value is -1.81. The Labute approximate surface area is 113 Å². The van der Waals surface area contributed by atoms with Crippen LogP contribution in [-0.2, 0) is 6.61 Å². The lowest BCUT2D eigenvalue weighted by Gasteiger charge is -2.13. The van der Waals surface area contributed by atoms with Gasteiger partial charge in [0.25, 0.3) is 0 Å². The summed E-state index contributed by atoms with van der Waals surface area (Å²) in [5, 5.41) is 13.4. The molecule has 0 spiro atoms. The summed E-state index contributed by atoms with van der Waals surface area (Å²) in [5.74, 6) is 1.87. The lowest BCUT2D eigenvalue weighted by molar-refractivity contribution is 0.278. The minimum absolute atomic E-state index is 0.0757. The summed E-state index contributed by atoms with van der Waals surface area (Å²) in [7, 11) is 1.67. The SMILES string of the molecule is COc1ccc(-c2noc(C)c2CO)cc1C(C)C. The first-order valence-corrected chi connectivity index (χ1v) is 6.32. The first kappa shape index (κ1) is 13.6. The number of ether oxygens (including phenoxy) is 1. The van der Waals surface area contributed by atoms with Crippen LogP contribution in [0.15, 0.2) is 22.7 Å². The maximum Gasteiger partial charge on any atom is 0.139 e. The Morgan fingerprint density at radius 3 is 2.68 bits per heavy atom. The van der Waals surface area contributed by atoms with E-state index in [1.807, 2.05) is 18.2 Å². The van der Waals surface area contributed by atoms with Crippen molar-refractivity contribution in [1.82, 2.24) is 5.16 Å². The summed E-state index contributed by atoms with van der Waals surface area (Å²) in [6, 6.07) is 5.90. The smallest absolute Gasteiger partial charge is 0.139 e. The predicted octanol–water partition coefficient (Wildman–Crippen LogP) is 3.27. The number of hydrogen-bond acceptors (Lipinski definition) is 4. The molecule has 0 aliphatic carbocycles. The summed E-state index contributed by atoms with van der Waals surface area (Å²) >= 11 is 0. The van der Waals surface area contributed by atoms with Gasteiger partial charge < -0.3 is 14.4 Å². The Balaban J connectivity index is 2.54. The van der Waals surface area contributed by atoms with Gasteiger partial charge in [0, 0.05) is 11.1 Å². The van der Waals surface area contributed by atoms with Gasteiger partial charge in [0.2, 0.25) is 0 Å². The van der Waals surface area contributed by atoms with Gasteiger partial charge in [-0.3, -0.25) is 0 Å². The van der Waals surface area contributed by atoms with Crippen LogP contribution in [-0.4, -0.2) is 17.4 Å². The van der Waals surface area contributed by atoms with Crippen molar-refractivity contribution in [3.05, 3.63) is 35.1 Å². The van der Waals surface area contributed by atoms with E-state index < -0.39 is 0 Å². The topological polar surface area (TPSA) is 55.5 Å². The van der Waals surface area contributed by atoms with Gasteiger partial charge in [0.05, 0.1) is 13.7 Å². The summed E-state index contributed by atoms with van der Waals surface area (Å²) < 4.78 is 10.5. The van der Waals surface area contributed by atoms with Crippen molar-refractivity contribution < 1.29 is 14.4 Å². The fourth-order valence-corrected chi connectivity index (χ4v) is 2.14. The summed E-state index contributed by atoms with van der Waals surface area (Å²) in [4.78, 5) is 0. The molecule has 1 aromatic heterocycles. The zero-order valence-electron chi connectivity index (χ0n) is 11.7. The van der Waals surface area contributed by atoms with Crippen LogP contribution < -0.4 is 4.74 Å². The van der Waals surface area contributed by atoms with Gasteiger partial charge in [-0.2, -0.15) is 0 Å². The van der Waals surface area contributed by atoms with E-state index in [2.05, 4.69) is 19.0 Å². The van der Waals surface area contributed by atoms with Crippen molar-refractivity contribution in [3.8, 4) is 17.0 Å². The van der Waals surface area contributed by atoms with Gasteiger partial charge in [0.1, 0.15) is 17.2 Å². The van der Waals surface area contributed by atoms with E-state index in [-0.39, 0.29) is 6.61 Å². The van der Waals surface area contributed by atoms with Crippen LogP contribution in [0.5, 0.6) is 5.75 Å². The zero-order valence-corrected chi connectivity index (χ0v) is 11.7. The number of benzene rings is 1. The van der Waals surface area contributed by atoms with Gasteiger partial charge >= 0.3 is 0 Å². The molecule has 1 N–H and O–H groups in total. The van der Waals surface area contributed by atoms with Crippen molar-refractivity contribution in [1.29, 1.82) is 0 Å². The molecule has 2 rings (SSSR count). The number of aliphatic hydroxyl groups excluding tert-OH is 1. The highest BCUT2D eigenvalue weighted by molar-refractivity contribution is 5.66. The molecule has 0 bridgehead atoms. The average Bonchev–Trinajstić information content (AvgIpc) is 2.78. The number of methoxy groups -OCH3 is 1. The molecular weight excluding hydrogens is 242 g/mol. The van der Waals surface area contributed by atoms with Crippen LogP contribution in [0.3, 0.4) is 0 Å². The molecule has 0 atom stereocenters. The quantitative estimate of drug-likeness (QED) is 0.917. The maximum absolute atomic E-state index is 9.40. The molecule has 2 aromatic rings. The summed E-state index contributed by atoms with van der Waals surface area (Å²) in [6.45, 7) is 5.95. The highest BCUT2D eigenvalue weighted by Gasteiger charge is 2.16. The first-order valence-electron chi connectivity index (χ1n) is 6.32. The molecule has 1 aromatic carbocycles. The van der Waals surface area contributed by atoms with Crippen LogP contribution in [0.25, 0.3) is 11.3 Å². The number of aromatic nitrogens is 1. The van der Waals surface area contributed by atoms with E-state index in [0.29, 0.717) is 17.4 Å². The molecule has 0 aliphatic heterocycles. The number of hydrogen-bond donors (Lipinski definition) is 1. The molecule has 0 saturated carbocycles. The standard InChI is InChI=1S/C15H19NO3/c1-9(2)12-7-11(5-6-14(12)18-4)15-13(8-17)10(3)19-16-15/h5-7,9,17H,8H2,1-4H3. The number of aliphatic hydroxyl groups is 1. The molecule has 0 aliphatic rings. The average molecular weight is 261 g/mol. The minimum Gasteiger partial charge on any atom is -0.496 e. The van der Waals surface area contributed by atoms with E-state index in [9.17, 15) is 5.11 Å². The molecular formula is C15H19NO3. The Bertz CT molecular complexity index is 573. The zero-order chi connectivity index (χ0) is 14.0. The Morgan fingerprint density at radius 1 is 1.37 bits per heavy atom. The highest BCUT2D eigenvalue weighted by atomic mass is 16.5. The van der Waals surface area contributed by atoms with Crippen LogP contribution in [0.2, 0.25) is 0 Å². The Kier molecular flexibility index (Phi) is 3.90.